The SMILES string of the molecule is CCCOC1(OCCC)N=C(N)C2(C#N)C(c3cccc(OC)c3)C12C#N. The second-order valence-corrected chi connectivity index (χ2v) is 6.83. The van der Waals surface area contributed by atoms with E-state index in [4.69, 9.17) is 19.9 Å². The highest BCUT2D eigenvalue weighted by Crippen LogP contribution is 2.82. The summed E-state index contributed by atoms with van der Waals surface area (Å²) in [5.41, 5.74) is 4.39. The van der Waals surface area contributed by atoms with Crippen molar-refractivity contribution in [3.05, 3.63) is 29.8 Å². The lowest BCUT2D eigenvalue weighted by atomic mass is 9.93. The third-order valence-electron chi connectivity index (χ3n) is 5.36. The highest BCUT2D eigenvalue weighted by atomic mass is 16.7. The molecule has 2 N–H and O–H groups in total. The molecular weight excluding hydrogens is 344 g/mol. The first-order valence-electron chi connectivity index (χ1n) is 9.13. The Kier molecular flexibility index (Phi) is 4.86. The Morgan fingerprint density at radius 2 is 1.81 bits per heavy atom. The van der Waals surface area contributed by atoms with E-state index in [0.29, 0.717) is 19.0 Å². The number of nitrogens with two attached hydrogens (primary N) is 1. The molecule has 3 unspecified atom stereocenters. The Morgan fingerprint density at radius 1 is 1.15 bits per heavy atom. The van der Waals surface area contributed by atoms with Crippen molar-refractivity contribution in [1.29, 1.82) is 10.5 Å². The molecule has 1 aromatic carbocycles. The van der Waals surface area contributed by atoms with Crippen LogP contribution >= 0.6 is 0 Å². The molecule has 142 valence electrons. The van der Waals surface area contributed by atoms with Gasteiger partial charge in [0.1, 0.15) is 17.0 Å². The van der Waals surface area contributed by atoms with Gasteiger partial charge >= 0.3 is 0 Å². The van der Waals surface area contributed by atoms with Crippen molar-refractivity contribution >= 4 is 5.84 Å². The van der Waals surface area contributed by atoms with Crippen molar-refractivity contribution in [3.8, 4) is 17.9 Å². The van der Waals surface area contributed by atoms with Crippen LogP contribution in [0.3, 0.4) is 0 Å². The van der Waals surface area contributed by atoms with Gasteiger partial charge in [-0.15, -0.1) is 0 Å². The van der Waals surface area contributed by atoms with E-state index in [2.05, 4.69) is 17.1 Å². The molecule has 3 rings (SSSR count). The lowest BCUT2D eigenvalue weighted by Crippen LogP contribution is -2.44. The molecule has 0 aromatic heterocycles. The Labute approximate surface area is 159 Å². The van der Waals surface area contributed by atoms with Crippen LogP contribution in [0.1, 0.15) is 38.2 Å². The Hall–Kier alpha value is -2.61. The summed E-state index contributed by atoms with van der Waals surface area (Å²) in [6, 6.07) is 11.9. The van der Waals surface area contributed by atoms with E-state index in [9.17, 15) is 10.5 Å². The lowest BCUT2D eigenvalue weighted by molar-refractivity contribution is -0.259. The predicted octanol–water partition coefficient (Wildman–Crippen LogP) is 2.69. The summed E-state index contributed by atoms with van der Waals surface area (Å²) in [6.45, 7) is 4.60. The number of benzene rings is 1. The number of ether oxygens (including phenoxy) is 3. The van der Waals surface area contributed by atoms with Crippen molar-refractivity contribution in [2.75, 3.05) is 20.3 Å². The first-order valence-corrected chi connectivity index (χ1v) is 9.13. The molecule has 0 radical (unpaired) electrons. The second kappa shape index (κ2) is 6.84. The fourth-order valence-corrected chi connectivity index (χ4v) is 4.16. The highest BCUT2D eigenvalue weighted by molar-refractivity contribution is 6.00. The summed E-state index contributed by atoms with van der Waals surface area (Å²) in [4.78, 5) is 4.40. The Morgan fingerprint density at radius 3 is 2.33 bits per heavy atom. The average Bonchev–Trinajstić information content (AvgIpc) is 3.29. The van der Waals surface area contributed by atoms with Gasteiger partial charge in [0.15, 0.2) is 5.41 Å². The smallest absolute Gasteiger partial charge is 0.293 e. The zero-order valence-electron chi connectivity index (χ0n) is 15.9. The van der Waals surface area contributed by atoms with Crippen LogP contribution in [0.5, 0.6) is 5.75 Å². The monoisotopic (exact) mass is 368 g/mol. The fraction of sp³-hybridized carbons (Fsp3) is 0.550. The summed E-state index contributed by atoms with van der Waals surface area (Å²) < 4.78 is 17.3. The molecule has 1 heterocycles. The Bertz CT molecular complexity index is 832. The maximum Gasteiger partial charge on any atom is 0.293 e. The lowest BCUT2D eigenvalue weighted by Gasteiger charge is -2.32. The van der Waals surface area contributed by atoms with Gasteiger partial charge in [0, 0.05) is 5.92 Å². The van der Waals surface area contributed by atoms with Crippen LogP contribution in [0, 0.1) is 33.5 Å². The zero-order chi connectivity index (χ0) is 19.7. The van der Waals surface area contributed by atoms with E-state index in [1.54, 1.807) is 7.11 Å². The van der Waals surface area contributed by atoms with Crippen LogP contribution in [-0.4, -0.2) is 32.1 Å². The third-order valence-corrected chi connectivity index (χ3v) is 5.36. The summed E-state index contributed by atoms with van der Waals surface area (Å²) in [7, 11) is 1.57. The maximum absolute atomic E-state index is 10.3. The number of methoxy groups -OCH3 is 1. The van der Waals surface area contributed by atoms with Crippen molar-refractivity contribution in [1.82, 2.24) is 0 Å². The minimum Gasteiger partial charge on any atom is -0.497 e. The molecule has 0 amide bonds. The molecule has 1 aliphatic carbocycles. The normalized spacial score (nSPS) is 30.0. The standard InChI is InChI=1S/C20H24N4O3/c1-4-9-26-20(27-10-5-2)19(13-22)16(18(19,12-21)17(23)24-20)14-7-6-8-15(11-14)25-3/h6-8,11,16H,4-5,9-10H2,1-3H3,(H2,23,24). The first kappa shape index (κ1) is 19.2. The van der Waals surface area contributed by atoms with Gasteiger partial charge in [0.05, 0.1) is 32.5 Å². The number of nitrogens with zero attached hydrogens (tertiary/aromatic N) is 3. The van der Waals surface area contributed by atoms with Crippen LogP contribution in [0.25, 0.3) is 0 Å². The van der Waals surface area contributed by atoms with E-state index < -0.39 is 22.7 Å². The van der Waals surface area contributed by atoms with E-state index in [1.165, 1.54) is 0 Å². The molecule has 0 saturated heterocycles. The average molecular weight is 368 g/mol. The summed E-state index contributed by atoms with van der Waals surface area (Å²) in [5, 5.41) is 20.3. The quantitative estimate of drug-likeness (QED) is 0.706. The largest absolute Gasteiger partial charge is 0.497 e. The number of fused-ring (bicyclic) bond motifs is 1. The van der Waals surface area contributed by atoms with Gasteiger partial charge in [-0.25, -0.2) is 4.99 Å². The Balaban J connectivity index is 2.16. The van der Waals surface area contributed by atoms with Gasteiger partial charge in [-0.1, -0.05) is 26.0 Å². The zero-order valence-corrected chi connectivity index (χ0v) is 15.9. The van der Waals surface area contributed by atoms with Crippen LogP contribution in [0.15, 0.2) is 29.3 Å². The molecule has 0 spiro atoms. The molecule has 2 aliphatic rings. The van der Waals surface area contributed by atoms with Crippen molar-refractivity contribution in [3.63, 3.8) is 0 Å². The van der Waals surface area contributed by atoms with Crippen LogP contribution in [-0.2, 0) is 9.47 Å². The molecule has 7 heteroatoms. The third kappa shape index (κ3) is 2.29. The maximum atomic E-state index is 10.3. The van der Waals surface area contributed by atoms with E-state index in [-0.39, 0.29) is 5.84 Å². The van der Waals surface area contributed by atoms with E-state index in [0.717, 1.165) is 18.4 Å². The van der Waals surface area contributed by atoms with E-state index in [1.807, 2.05) is 38.1 Å². The number of rotatable bonds is 8. The van der Waals surface area contributed by atoms with Gasteiger partial charge in [-0.2, -0.15) is 10.5 Å². The minimum atomic E-state index is -1.58. The highest BCUT2D eigenvalue weighted by Gasteiger charge is 2.93. The summed E-state index contributed by atoms with van der Waals surface area (Å²) in [6.07, 6.45) is 1.44. The molecule has 27 heavy (non-hydrogen) atoms. The first-order chi connectivity index (χ1) is 13.0. The topological polar surface area (TPSA) is 114 Å². The van der Waals surface area contributed by atoms with Crippen molar-refractivity contribution in [2.45, 2.75) is 38.5 Å². The number of amidine groups is 1. The molecule has 1 saturated carbocycles. The van der Waals surface area contributed by atoms with E-state index >= 15 is 0 Å². The molecule has 1 fully saturated rings. The molecule has 1 aromatic rings. The van der Waals surface area contributed by atoms with Crippen molar-refractivity contribution in [2.24, 2.45) is 21.6 Å². The molecule has 7 nitrogen and oxygen atoms in total. The summed E-state index contributed by atoms with van der Waals surface area (Å²) >= 11 is 0. The second-order valence-electron chi connectivity index (χ2n) is 6.83. The van der Waals surface area contributed by atoms with Gasteiger partial charge in [-0.05, 0) is 30.5 Å². The van der Waals surface area contributed by atoms with Crippen molar-refractivity contribution < 1.29 is 14.2 Å². The number of aliphatic imine (C=N–C) groups is 1. The summed E-state index contributed by atoms with van der Waals surface area (Å²) in [5.74, 6) is -1.36. The fourth-order valence-electron chi connectivity index (χ4n) is 4.16. The van der Waals surface area contributed by atoms with Crippen LogP contribution < -0.4 is 10.5 Å². The molecule has 1 aliphatic heterocycles. The number of nitriles is 2. The van der Waals surface area contributed by atoms with Crippen LogP contribution in [0.2, 0.25) is 0 Å². The van der Waals surface area contributed by atoms with Gasteiger partial charge in [-0.3, -0.25) is 0 Å². The van der Waals surface area contributed by atoms with Gasteiger partial charge in [0.2, 0.25) is 0 Å². The van der Waals surface area contributed by atoms with Gasteiger partial charge in [0.25, 0.3) is 5.91 Å². The van der Waals surface area contributed by atoms with Crippen LogP contribution in [0.4, 0.5) is 0 Å². The number of hydrogen-bond donors (Lipinski definition) is 1. The molecule has 3 atom stereocenters. The predicted molar refractivity (Wildman–Crippen MR) is 98.7 cm³/mol. The minimum absolute atomic E-state index is 0.0894. The molecule has 0 bridgehead atoms. The molecular formula is C20H24N4O3. The van der Waals surface area contributed by atoms with Gasteiger partial charge < -0.3 is 19.9 Å². The number of hydrogen-bond acceptors (Lipinski definition) is 7.